The van der Waals surface area contributed by atoms with Crippen LogP contribution in [0.15, 0.2) is 43.6 Å². The lowest BCUT2D eigenvalue weighted by molar-refractivity contribution is 0.102. The number of ether oxygens (including phenoxy) is 1. The van der Waals surface area contributed by atoms with Crippen LogP contribution in [0.25, 0.3) is 0 Å². The van der Waals surface area contributed by atoms with Crippen LogP contribution in [-0.2, 0) is 11.2 Å². The monoisotopic (exact) mass is 459 g/mol. The second-order valence-electron chi connectivity index (χ2n) is 8.02. The van der Waals surface area contributed by atoms with E-state index in [1.54, 1.807) is 19.9 Å². The van der Waals surface area contributed by atoms with E-state index in [0.29, 0.717) is 37.0 Å². The molecule has 0 spiro atoms. The molecule has 1 heterocycles. The highest BCUT2D eigenvalue weighted by molar-refractivity contribution is 6.09. The average molecular weight is 460 g/mol. The van der Waals surface area contributed by atoms with Crippen LogP contribution in [0.3, 0.4) is 0 Å². The van der Waals surface area contributed by atoms with Gasteiger partial charge in [0.2, 0.25) is 0 Å². The molecule has 1 aromatic rings. The number of ketones is 1. The zero-order valence-corrected chi connectivity index (χ0v) is 20.3. The largest absolute Gasteiger partial charge is 0.507 e. The molecule has 0 aliphatic carbocycles. The number of carbonyl (C=O) groups excluding carboxylic acids is 2. The third kappa shape index (κ3) is 10.9. The summed E-state index contributed by atoms with van der Waals surface area (Å²) in [5.41, 5.74) is 0.339. The van der Waals surface area contributed by atoms with Gasteiger partial charge < -0.3 is 14.3 Å². The summed E-state index contributed by atoms with van der Waals surface area (Å²) in [6.45, 7) is 7.80. The fourth-order valence-corrected chi connectivity index (χ4v) is 3.15. The number of nitrogens with zero attached hydrogens (tertiary/aromatic N) is 1. The van der Waals surface area contributed by atoms with Crippen LogP contribution in [0.4, 0.5) is 4.79 Å². The molecular weight excluding hydrogens is 422 g/mol. The average Bonchev–Trinajstić information content (AvgIpc) is 2.77. The van der Waals surface area contributed by atoms with E-state index in [1.165, 1.54) is 31.5 Å². The van der Waals surface area contributed by atoms with Crippen molar-refractivity contribution in [2.45, 2.75) is 85.5 Å². The summed E-state index contributed by atoms with van der Waals surface area (Å²) < 4.78 is 9.94. The summed E-state index contributed by atoms with van der Waals surface area (Å²) in [5, 5.41) is 10.3. The molecule has 0 saturated carbocycles. The van der Waals surface area contributed by atoms with E-state index in [-0.39, 0.29) is 17.9 Å². The molecular formula is C26H37NO6. The molecule has 7 heteroatoms. The number of aryl methyl sites for hydroxylation is 1. The van der Waals surface area contributed by atoms with Gasteiger partial charge in [-0.1, -0.05) is 43.9 Å². The van der Waals surface area contributed by atoms with E-state index in [9.17, 15) is 19.5 Å². The molecule has 0 atom stereocenters. The number of hydrogen-bond acceptors (Lipinski definition) is 6. The Kier molecular flexibility index (Phi) is 13.4. The van der Waals surface area contributed by atoms with Gasteiger partial charge in [0, 0.05) is 18.7 Å². The van der Waals surface area contributed by atoms with Crippen molar-refractivity contribution in [2.24, 2.45) is 4.99 Å². The molecule has 0 unspecified atom stereocenters. The molecule has 0 bridgehead atoms. The Morgan fingerprint density at radius 3 is 2.52 bits per heavy atom. The fraction of sp³-hybridized carbons (Fsp3) is 0.538. The predicted octanol–water partition coefficient (Wildman–Crippen LogP) is 6.33. The number of Topliss-reactive ketones (excluding diaryl/α,β-unsaturated/α-hetero) is 1. The van der Waals surface area contributed by atoms with Gasteiger partial charge in [0.25, 0.3) is 0 Å². The van der Waals surface area contributed by atoms with Gasteiger partial charge in [0.05, 0.1) is 6.61 Å². The molecule has 0 aromatic carbocycles. The van der Waals surface area contributed by atoms with E-state index in [1.807, 2.05) is 13.0 Å². The lowest BCUT2D eigenvalue weighted by Gasteiger charge is -2.06. The van der Waals surface area contributed by atoms with Crippen LogP contribution in [-0.4, -0.2) is 29.8 Å². The zero-order valence-electron chi connectivity index (χ0n) is 20.3. The molecule has 0 aliphatic heterocycles. The number of aromatic hydroxyl groups is 1. The molecule has 1 aromatic heterocycles. The highest BCUT2D eigenvalue weighted by atomic mass is 16.5. The van der Waals surface area contributed by atoms with E-state index >= 15 is 0 Å². The van der Waals surface area contributed by atoms with Gasteiger partial charge in [-0.2, -0.15) is 4.99 Å². The Bertz CT molecular complexity index is 923. The normalized spacial score (nSPS) is 12.4. The summed E-state index contributed by atoms with van der Waals surface area (Å²) in [4.78, 5) is 39.8. The molecule has 0 aliphatic rings. The van der Waals surface area contributed by atoms with Gasteiger partial charge in [-0.05, 0) is 58.4 Å². The number of aliphatic imine (C=N–C) groups is 1. The quantitative estimate of drug-likeness (QED) is 0.114. The topological polar surface area (TPSA) is 106 Å². The van der Waals surface area contributed by atoms with Crippen LogP contribution in [0.5, 0.6) is 5.75 Å². The van der Waals surface area contributed by atoms with Crippen LogP contribution in [0, 0.1) is 0 Å². The second-order valence-corrected chi connectivity index (χ2v) is 8.02. The fourth-order valence-electron chi connectivity index (χ4n) is 3.15. The molecule has 182 valence electrons. The second kappa shape index (κ2) is 15.8. The van der Waals surface area contributed by atoms with Gasteiger partial charge in [0.15, 0.2) is 5.78 Å². The standard InChI is InChI=1S/C26H37NO6/c1-5-7-8-10-13-19(3)15-16-20(4)24(29)23-22(28)18-21(33-25(23)30)14-11-9-12-17-27-26(31)32-6-2/h15-18,28H,5-14H2,1-4H3. The van der Waals surface area contributed by atoms with Crippen molar-refractivity contribution in [3.05, 3.63) is 51.1 Å². The molecule has 0 saturated heterocycles. The smallest absolute Gasteiger partial charge is 0.433 e. The van der Waals surface area contributed by atoms with Crippen LogP contribution >= 0.6 is 0 Å². The van der Waals surface area contributed by atoms with Crippen LogP contribution in [0.1, 0.15) is 95.2 Å². The van der Waals surface area contributed by atoms with E-state index < -0.39 is 17.5 Å². The maximum Gasteiger partial charge on any atom is 0.433 e. The first-order chi connectivity index (χ1) is 15.8. The minimum absolute atomic E-state index is 0.280. The Morgan fingerprint density at radius 2 is 1.85 bits per heavy atom. The SMILES string of the molecule is CCCCCCC(C)=CC=C(C)C(=O)c1c(O)cc(CCCCC=NC(=O)OCC)oc1=O. The Labute approximate surface area is 196 Å². The van der Waals surface area contributed by atoms with Crippen molar-refractivity contribution < 1.29 is 23.8 Å². The predicted molar refractivity (Wildman–Crippen MR) is 130 cm³/mol. The Balaban J connectivity index is 2.67. The highest BCUT2D eigenvalue weighted by Crippen LogP contribution is 2.20. The van der Waals surface area contributed by atoms with Crippen LogP contribution in [0.2, 0.25) is 0 Å². The van der Waals surface area contributed by atoms with Crippen molar-refractivity contribution in [1.29, 1.82) is 0 Å². The van der Waals surface area contributed by atoms with Gasteiger partial charge in [-0.15, -0.1) is 0 Å². The van der Waals surface area contributed by atoms with Gasteiger partial charge in [-0.25, -0.2) is 9.59 Å². The van der Waals surface area contributed by atoms with Crippen molar-refractivity contribution in [1.82, 2.24) is 0 Å². The number of hydrogen-bond donors (Lipinski definition) is 1. The molecule has 1 rings (SSSR count). The lowest BCUT2D eigenvalue weighted by Crippen LogP contribution is -2.16. The first-order valence-electron chi connectivity index (χ1n) is 11.7. The summed E-state index contributed by atoms with van der Waals surface area (Å²) in [7, 11) is 0. The van der Waals surface area contributed by atoms with Gasteiger partial charge >= 0.3 is 11.7 Å². The summed E-state index contributed by atoms with van der Waals surface area (Å²) in [6, 6.07) is 1.32. The molecule has 0 radical (unpaired) electrons. The number of rotatable bonds is 14. The number of amides is 1. The third-order valence-corrected chi connectivity index (χ3v) is 5.08. The third-order valence-electron chi connectivity index (χ3n) is 5.08. The van der Waals surface area contributed by atoms with Gasteiger partial charge in [0.1, 0.15) is 17.1 Å². The summed E-state index contributed by atoms with van der Waals surface area (Å²) in [5.74, 6) is -0.609. The Hall–Kier alpha value is -2.96. The maximum atomic E-state index is 12.7. The summed E-state index contributed by atoms with van der Waals surface area (Å²) in [6.07, 6.45) is 12.5. The van der Waals surface area contributed by atoms with Crippen LogP contribution < -0.4 is 5.63 Å². The zero-order chi connectivity index (χ0) is 24.6. The highest BCUT2D eigenvalue weighted by Gasteiger charge is 2.20. The molecule has 33 heavy (non-hydrogen) atoms. The number of unbranched alkanes of at least 4 members (excludes halogenated alkanes) is 5. The maximum absolute atomic E-state index is 12.7. The van der Waals surface area contributed by atoms with E-state index in [4.69, 9.17) is 9.15 Å². The summed E-state index contributed by atoms with van der Waals surface area (Å²) >= 11 is 0. The van der Waals surface area contributed by atoms with E-state index in [2.05, 4.69) is 11.9 Å². The lowest BCUT2D eigenvalue weighted by atomic mass is 10.0. The Morgan fingerprint density at radius 1 is 1.09 bits per heavy atom. The van der Waals surface area contributed by atoms with Crippen molar-refractivity contribution in [3.63, 3.8) is 0 Å². The van der Waals surface area contributed by atoms with Crippen molar-refractivity contribution in [3.8, 4) is 5.75 Å². The molecule has 1 amide bonds. The first-order valence-corrected chi connectivity index (χ1v) is 11.7. The first kappa shape index (κ1) is 28.1. The minimum atomic E-state index is -0.841. The van der Waals surface area contributed by atoms with Gasteiger partial charge in [-0.3, -0.25) is 4.79 Å². The number of allylic oxidation sites excluding steroid dienone is 4. The molecule has 1 N–H and O–H groups in total. The van der Waals surface area contributed by atoms with Crippen molar-refractivity contribution >= 4 is 18.1 Å². The van der Waals surface area contributed by atoms with Crippen molar-refractivity contribution in [2.75, 3.05) is 6.61 Å². The minimum Gasteiger partial charge on any atom is -0.507 e. The molecule has 0 fully saturated rings. The number of carbonyl (C=O) groups is 2. The van der Waals surface area contributed by atoms with E-state index in [0.717, 1.165) is 18.4 Å². The molecule has 7 nitrogen and oxygen atoms in total.